The van der Waals surface area contributed by atoms with Crippen LogP contribution in [0.15, 0.2) is 47.5 Å². The van der Waals surface area contributed by atoms with Gasteiger partial charge in [0.05, 0.1) is 35.9 Å². The minimum absolute atomic E-state index is 0.0271. The second kappa shape index (κ2) is 8.22. The Kier molecular flexibility index (Phi) is 5.33. The number of anilines is 2. The molecule has 0 radical (unpaired) electrons. The van der Waals surface area contributed by atoms with Gasteiger partial charge in [-0.25, -0.2) is 14.8 Å². The minimum atomic E-state index is -0.481. The molecule has 8 nitrogen and oxygen atoms in total. The maximum Gasteiger partial charge on any atom is 0.345 e. The number of nitrogens with zero attached hydrogens (tertiary/aromatic N) is 4. The molecule has 8 heteroatoms. The topological polar surface area (TPSA) is 118 Å². The van der Waals surface area contributed by atoms with Gasteiger partial charge in [0, 0.05) is 18.7 Å². The highest BCUT2D eigenvalue weighted by molar-refractivity contribution is 6.00. The molecule has 2 aromatic heterocycles. The van der Waals surface area contributed by atoms with Crippen molar-refractivity contribution in [2.45, 2.75) is 25.7 Å². The van der Waals surface area contributed by atoms with Gasteiger partial charge in [-0.3, -0.25) is 4.79 Å². The van der Waals surface area contributed by atoms with Crippen molar-refractivity contribution < 1.29 is 4.79 Å². The Labute approximate surface area is 167 Å². The number of ketones is 1. The molecule has 0 bridgehead atoms. The second-order valence-electron chi connectivity index (χ2n) is 7.05. The SMILES string of the molecule is Nc1ncc(-c2ccccc2)nc1C(=O)Cc1[nH]c(=O)ncc1N1CCCCC1. The lowest BCUT2D eigenvalue weighted by Crippen LogP contribution is -2.32. The molecule has 148 valence electrons. The lowest BCUT2D eigenvalue weighted by molar-refractivity contribution is 0.0988. The van der Waals surface area contributed by atoms with Crippen LogP contribution >= 0.6 is 0 Å². The Morgan fingerprint density at radius 1 is 1.07 bits per heavy atom. The predicted octanol–water partition coefficient (Wildman–Crippen LogP) is 2.22. The van der Waals surface area contributed by atoms with E-state index < -0.39 is 5.69 Å². The predicted molar refractivity (Wildman–Crippen MR) is 111 cm³/mol. The number of hydrogen-bond donors (Lipinski definition) is 2. The number of H-pyrrole nitrogens is 1. The van der Waals surface area contributed by atoms with E-state index in [0.717, 1.165) is 37.2 Å². The second-order valence-corrected chi connectivity index (χ2v) is 7.05. The molecular formula is C21H22N6O2. The van der Waals surface area contributed by atoms with E-state index in [0.29, 0.717) is 11.4 Å². The van der Waals surface area contributed by atoms with Crippen LogP contribution in [0.5, 0.6) is 0 Å². The molecule has 0 atom stereocenters. The molecule has 4 rings (SSSR count). The van der Waals surface area contributed by atoms with Crippen LogP contribution in [0.25, 0.3) is 11.3 Å². The summed E-state index contributed by atoms with van der Waals surface area (Å²) in [6, 6.07) is 9.47. The number of carbonyl (C=O) groups is 1. The molecule has 1 saturated heterocycles. The number of Topliss-reactive ketones (excluding diaryl/α,β-unsaturated/α-hetero) is 1. The zero-order chi connectivity index (χ0) is 20.2. The summed E-state index contributed by atoms with van der Waals surface area (Å²) in [5.74, 6) is -0.224. The molecule has 3 heterocycles. The fourth-order valence-corrected chi connectivity index (χ4v) is 3.56. The normalized spacial score (nSPS) is 14.0. The number of piperidine rings is 1. The highest BCUT2D eigenvalue weighted by atomic mass is 16.1. The monoisotopic (exact) mass is 390 g/mol. The molecule has 0 spiro atoms. The summed E-state index contributed by atoms with van der Waals surface area (Å²) in [5, 5.41) is 0. The number of carbonyl (C=O) groups excluding carboxylic acids is 1. The van der Waals surface area contributed by atoms with Crippen molar-refractivity contribution in [1.29, 1.82) is 0 Å². The number of nitrogens with one attached hydrogen (secondary N) is 1. The molecule has 0 unspecified atom stereocenters. The van der Waals surface area contributed by atoms with Crippen molar-refractivity contribution in [2.75, 3.05) is 23.7 Å². The van der Waals surface area contributed by atoms with Crippen LogP contribution in [0.4, 0.5) is 11.5 Å². The first-order chi connectivity index (χ1) is 14.1. The van der Waals surface area contributed by atoms with Gasteiger partial charge >= 0.3 is 5.69 Å². The summed E-state index contributed by atoms with van der Waals surface area (Å²) < 4.78 is 0. The van der Waals surface area contributed by atoms with Crippen molar-refractivity contribution in [3.63, 3.8) is 0 Å². The van der Waals surface area contributed by atoms with Crippen LogP contribution < -0.4 is 16.3 Å². The van der Waals surface area contributed by atoms with Crippen molar-refractivity contribution in [3.8, 4) is 11.3 Å². The smallest absolute Gasteiger partial charge is 0.345 e. The number of aromatic nitrogens is 4. The minimum Gasteiger partial charge on any atom is -0.382 e. The van der Waals surface area contributed by atoms with E-state index in [-0.39, 0.29) is 23.7 Å². The van der Waals surface area contributed by atoms with Gasteiger partial charge in [-0.1, -0.05) is 30.3 Å². The highest BCUT2D eigenvalue weighted by Crippen LogP contribution is 2.24. The summed E-state index contributed by atoms with van der Waals surface area (Å²) in [4.78, 5) is 42.1. The van der Waals surface area contributed by atoms with Gasteiger partial charge in [0.25, 0.3) is 0 Å². The van der Waals surface area contributed by atoms with Crippen molar-refractivity contribution in [3.05, 3.63) is 64.6 Å². The van der Waals surface area contributed by atoms with Crippen molar-refractivity contribution in [1.82, 2.24) is 19.9 Å². The van der Waals surface area contributed by atoms with Crippen molar-refractivity contribution >= 4 is 17.3 Å². The zero-order valence-electron chi connectivity index (χ0n) is 16.0. The van der Waals surface area contributed by atoms with Gasteiger partial charge in [-0.2, -0.15) is 4.98 Å². The molecular weight excluding hydrogens is 368 g/mol. The van der Waals surface area contributed by atoms with E-state index in [1.54, 1.807) is 12.4 Å². The average molecular weight is 390 g/mol. The van der Waals surface area contributed by atoms with Crippen molar-refractivity contribution in [2.24, 2.45) is 0 Å². The lowest BCUT2D eigenvalue weighted by Gasteiger charge is -2.29. The Balaban J connectivity index is 1.65. The van der Waals surface area contributed by atoms with E-state index in [4.69, 9.17) is 5.73 Å². The molecule has 0 aliphatic carbocycles. The Hall–Kier alpha value is -3.55. The number of benzene rings is 1. The van der Waals surface area contributed by atoms with Crippen LogP contribution in [0.2, 0.25) is 0 Å². The van der Waals surface area contributed by atoms with Gasteiger partial charge in [0.1, 0.15) is 5.69 Å². The van der Waals surface area contributed by atoms with E-state index >= 15 is 0 Å². The third kappa shape index (κ3) is 4.16. The number of nitrogens with two attached hydrogens (primary N) is 1. The summed E-state index contributed by atoms with van der Waals surface area (Å²) in [5.41, 5.74) is 8.30. The quantitative estimate of drug-likeness (QED) is 0.641. The molecule has 1 fully saturated rings. The molecule has 0 saturated carbocycles. The molecule has 3 aromatic rings. The molecule has 1 aromatic carbocycles. The molecule has 1 aliphatic rings. The van der Waals surface area contributed by atoms with Crippen LogP contribution in [0, 0.1) is 0 Å². The van der Waals surface area contributed by atoms with Gasteiger partial charge in [-0.15, -0.1) is 0 Å². The molecule has 0 amide bonds. The van der Waals surface area contributed by atoms with E-state index in [9.17, 15) is 9.59 Å². The first kappa shape index (κ1) is 18.8. The van der Waals surface area contributed by atoms with Crippen LogP contribution in [-0.2, 0) is 6.42 Å². The third-order valence-electron chi connectivity index (χ3n) is 5.04. The summed E-state index contributed by atoms with van der Waals surface area (Å²) in [7, 11) is 0. The van der Waals surface area contributed by atoms with Gasteiger partial charge in [0.2, 0.25) is 0 Å². The van der Waals surface area contributed by atoms with E-state index in [1.807, 2.05) is 30.3 Å². The fourth-order valence-electron chi connectivity index (χ4n) is 3.56. The first-order valence-electron chi connectivity index (χ1n) is 9.66. The van der Waals surface area contributed by atoms with Gasteiger partial charge in [0.15, 0.2) is 11.6 Å². The molecule has 29 heavy (non-hydrogen) atoms. The Morgan fingerprint density at radius 2 is 1.83 bits per heavy atom. The summed E-state index contributed by atoms with van der Waals surface area (Å²) in [6.07, 6.45) is 6.39. The maximum absolute atomic E-state index is 13.0. The number of aromatic amines is 1. The third-order valence-corrected chi connectivity index (χ3v) is 5.04. The summed E-state index contributed by atoms with van der Waals surface area (Å²) >= 11 is 0. The Bertz CT molecular complexity index is 1070. The van der Waals surface area contributed by atoms with Gasteiger partial charge < -0.3 is 15.6 Å². The highest BCUT2D eigenvalue weighted by Gasteiger charge is 2.21. The first-order valence-corrected chi connectivity index (χ1v) is 9.66. The average Bonchev–Trinajstić information content (AvgIpc) is 2.75. The standard InChI is InChI=1S/C21H22N6O2/c22-20-19(25-16(12-23-20)14-7-3-1-4-8-14)18(28)11-15-17(13-24-21(29)26-15)27-9-5-2-6-10-27/h1,3-4,7-8,12-13H,2,5-6,9-11H2,(H2,22,23)(H,24,26,29). The fraction of sp³-hybridized carbons (Fsp3) is 0.286. The van der Waals surface area contributed by atoms with Crippen LogP contribution in [0.3, 0.4) is 0 Å². The van der Waals surface area contributed by atoms with Gasteiger partial charge in [-0.05, 0) is 19.3 Å². The largest absolute Gasteiger partial charge is 0.382 e. The van der Waals surface area contributed by atoms with Crippen LogP contribution in [-0.4, -0.2) is 38.8 Å². The lowest BCUT2D eigenvalue weighted by atomic mass is 10.1. The maximum atomic E-state index is 13.0. The number of rotatable bonds is 5. The number of hydrogen-bond acceptors (Lipinski definition) is 7. The summed E-state index contributed by atoms with van der Waals surface area (Å²) in [6.45, 7) is 1.75. The molecule has 3 N–H and O–H groups in total. The Morgan fingerprint density at radius 3 is 2.59 bits per heavy atom. The zero-order valence-corrected chi connectivity index (χ0v) is 16.0. The number of nitrogen functional groups attached to an aromatic ring is 1. The van der Waals surface area contributed by atoms with E-state index in [1.165, 1.54) is 6.42 Å². The molecule has 1 aliphatic heterocycles. The van der Waals surface area contributed by atoms with Crippen LogP contribution in [0.1, 0.15) is 35.4 Å². The van der Waals surface area contributed by atoms with E-state index in [2.05, 4.69) is 24.8 Å².